The molecule has 0 radical (unpaired) electrons. The van der Waals surface area contributed by atoms with Crippen LogP contribution in [0.15, 0.2) is 28.7 Å². The zero-order valence-corrected chi connectivity index (χ0v) is 13.1. The Morgan fingerprint density at radius 3 is 2.90 bits per heavy atom. The highest BCUT2D eigenvalue weighted by molar-refractivity contribution is 9.10. The molecule has 0 spiro atoms. The standard InChI is InChI=1S/C15H18BrFN2O/c1-18-7-2-8-19(10-9-18)15(20)6-3-12-11-13(16)4-5-14(12)17/h3-6,11H,2,7-10H2,1H3/b6-3+. The molecule has 1 aliphatic rings. The van der Waals surface area contributed by atoms with E-state index in [2.05, 4.69) is 27.9 Å². The highest BCUT2D eigenvalue weighted by Crippen LogP contribution is 2.17. The van der Waals surface area contributed by atoms with Gasteiger partial charge >= 0.3 is 0 Å². The maximum atomic E-state index is 13.6. The molecule has 1 amide bonds. The maximum absolute atomic E-state index is 13.6. The van der Waals surface area contributed by atoms with E-state index in [9.17, 15) is 9.18 Å². The second-order valence-electron chi connectivity index (χ2n) is 4.98. The van der Waals surface area contributed by atoms with Crippen molar-refractivity contribution >= 4 is 27.9 Å². The van der Waals surface area contributed by atoms with Gasteiger partial charge in [0, 0.05) is 35.7 Å². The van der Waals surface area contributed by atoms with Gasteiger partial charge in [-0.2, -0.15) is 0 Å². The third kappa shape index (κ3) is 4.15. The number of rotatable bonds is 2. The molecular formula is C15H18BrFN2O. The molecule has 3 nitrogen and oxygen atoms in total. The molecule has 0 saturated carbocycles. The Morgan fingerprint density at radius 2 is 2.10 bits per heavy atom. The molecule has 20 heavy (non-hydrogen) atoms. The summed E-state index contributed by atoms with van der Waals surface area (Å²) in [4.78, 5) is 16.1. The van der Waals surface area contributed by atoms with E-state index in [1.54, 1.807) is 12.1 Å². The summed E-state index contributed by atoms with van der Waals surface area (Å²) < 4.78 is 14.4. The van der Waals surface area contributed by atoms with E-state index >= 15 is 0 Å². The van der Waals surface area contributed by atoms with Crippen LogP contribution in [0.2, 0.25) is 0 Å². The molecule has 1 aromatic carbocycles. The zero-order valence-electron chi connectivity index (χ0n) is 11.5. The average Bonchev–Trinajstić information content (AvgIpc) is 2.64. The van der Waals surface area contributed by atoms with Gasteiger partial charge in [-0.1, -0.05) is 15.9 Å². The summed E-state index contributed by atoms with van der Waals surface area (Å²) in [6.45, 7) is 3.37. The summed E-state index contributed by atoms with van der Waals surface area (Å²) in [7, 11) is 2.06. The van der Waals surface area contributed by atoms with E-state index in [4.69, 9.17) is 0 Å². The van der Waals surface area contributed by atoms with Gasteiger partial charge in [0.1, 0.15) is 5.82 Å². The lowest BCUT2D eigenvalue weighted by atomic mass is 10.2. The molecule has 1 heterocycles. The molecule has 0 aromatic heterocycles. The van der Waals surface area contributed by atoms with Crippen molar-refractivity contribution in [1.82, 2.24) is 9.80 Å². The first-order chi connectivity index (χ1) is 9.56. The Hall–Kier alpha value is -1.20. The molecule has 5 heteroatoms. The second kappa shape index (κ2) is 6.99. The Balaban J connectivity index is 2.03. The molecule has 0 atom stereocenters. The van der Waals surface area contributed by atoms with Crippen LogP contribution in [-0.4, -0.2) is 48.9 Å². The van der Waals surface area contributed by atoms with Crippen molar-refractivity contribution in [2.75, 3.05) is 33.2 Å². The smallest absolute Gasteiger partial charge is 0.246 e. The van der Waals surface area contributed by atoms with Gasteiger partial charge in [-0.25, -0.2) is 4.39 Å². The fraction of sp³-hybridized carbons (Fsp3) is 0.400. The van der Waals surface area contributed by atoms with Gasteiger partial charge in [-0.15, -0.1) is 0 Å². The predicted octanol–water partition coefficient (Wildman–Crippen LogP) is 2.77. The molecule has 1 fully saturated rings. The number of halogens is 2. The van der Waals surface area contributed by atoms with E-state index in [0.29, 0.717) is 5.56 Å². The fourth-order valence-electron chi connectivity index (χ4n) is 2.18. The van der Waals surface area contributed by atoms with Crippen molar-refractivity contribution in [3.05, 3.63) is 40.1 Å². The summed E-state index contributed by atoms with van der Waals surface area (Å²) in [5.41, 5.74) is 0.416. The maximum Gasteiger partial charge on any atom is 0.246 e. The normalized spacial score (nSPS) is 17.4. The van der Waals surface area contributed by atoms with E-state index in [1.165, 1.54) is 18.2 Å². The van der Waals surface area contributed by atoms with Crippen LogP contribution in [0.5, 0.6) is 0 Å². The molecule has 1 saturated heterocycles. The predicted molar refractivity (Wildman–Crippen MR) is 81.8 cm³/mol. The van der Waals surface area contributed by atoms with Gasteiger partial charge < -0.3 is 9.80 Å². The first-order valence-corrected chi connectivity index (χ1v) is 7.46. The van der Waals surface area contributed by atoms with Gasteiger partial charge in [0.2, 0.25) is 5.91 Å². The lowest BCUT2D eigenvalue weighted by Crippen LogP contribution is -2.33. The van der Waals surface area contributed by atoms with Gasteiger partial charge in [0.15, 0.2) is 0 Å². The largest absolute Gasteiger partial charge is 0.338 e. The number of hydrogen-bond acceptors (Lipinski definition) is 2. The van der Waals surface area contributed by atoms with Crippen molar-refractivity contribution in [3.8, 4) is 0 Å². The van der Waals surface area contributed by atoms with Crippen molar-refractivity contribution in [1.29, 1.82) is 0 Å². The lowest BCUT2D eigenvalue weighted by Gasteiger charge is -2.18. The number of nitrogens with zero attached hydrogens (tertiary/aromatic N) is 2. The van der Waals surface area contributed by atoms with E-state index < -0.39 is 0 Å². The SMILES string of the molecule is CN1CCCN(C(=O)/C=C/c2cc(Br)ccc2F)CC1. The summed E-state index contributed by atoms with van der Waals surface area (Å²) in [5.74, 6) is -0.382. The Morgan fingerprint density at radius 1 is 1.30 bits per heavy atom. The molecule has 1 aliphatic heterocycles. The van der Waals surface area contributed by atoms with Crippen LogP contribution in [0, 0.1) is 5.82 Å². The first-order valence-electron chi connectivity index (χ1n) is 6.67. The van der Waals surface area contributed by atoms with Gasteiger partial charge in [-0.05, 0) is 44.3 Å². The monoisotopic (exact) mass is 340 g/mol. The molecule has 108 valence electrons. The van der Waals surface area contributed by atoms with Crippen molar-refractivity contribution in [2.24, 2.45) is 0 Å². The van der Waals surface area contributed by atoms with E-state index in [-0.39, 0.29) is 11.7 Å². The summed E-state index contributed by atoms with van der Waals surface area (Å²) in [6, 6.07) is 4.68. The van der Waals surface area contributed by atoms with Crippen LogP contribution in [0.4, 0.5) is 4.39 Å². The molecular weight excluding hydrogens is 323 g/mol. The number of carbonyl (C=O) groups is 1. The number of hydrogen-bond donors (Lipinski definition) is 0. The Labute approximate surface area is 127 Å². The molecule has 2 rings (SSSR count). The minimum absolute atomic E-state index is 0.0559. The molecule has 0 N–H and O–H groups in total. The molecule has 0 aliphatic carbocycles. The number of likely N-dealkylation sites (N-methyl/N-ethyl adjacent to an activating group) is 1. The van der Waals surface area contributed by atoms with Crippen LogP contribution >= 0.6 is 15.9 Å². The average molecular weight is 341 g/mol. The highest BCUT2D eigenvalue weighted by atomic mass is 79.9. The van der Waals surface area contributed by atoms with Crippen LogP contribution in [0.25, 0.3) is 6.08 Å². The highest BCUT2D eigenvalue weighted by Gasteiger charge is 2.15. The Kier molecular flexibility index (Phi) is 5.31. The van der Waals surface area contributed by atoms with Gasteiger partial charge in [0.25, 0.3) is 0 Å². The minimum Gasteiger partial charge on any atom is -0.338 e. The minimum atomic E-state index is -0.326. The topological polar surface area (TPSA) is 23.6 Å². The quantitative estimate of drug-likeness (QED) is 0.773. The number of carbonyl (C=O) groups excluding carboxylic acids is 1. The second-order valence-corrected chi connectivity index (χ2v) is 5.90. The third-order valence-corrected chi connectivity index (χ3v) is 3.89. The fourth-order valence-corrected chi connectivity index (χ4v) is 2.55. The third-order valence-electron chi connectivity index (χ3n) is 3.39. The van der Waals surface area contributed by atoms with E-state index in [1.807, 2.05) is 4.90 Å². The van der Waals surface area contributed by atoms with Crippen molar-refractivity contribution < 1.29 is 9.18 Å². The van der Waals surface area contributed by atoms with Crippen LogP contribution < -0.4 is 0 Å². The Bertz CT molecular complexity index is 519. The van der Waals surface area contributed by atoms with Crippen LogP contribution in [0.1, 0.15) is 12.0 Å². The number of amides is 1. The van der Waals surface area contributed by atoms with E-state index in [0.717, 1.165) is 37.1 Å². The zero-order chi connectivity index (χ0) is 14.5. The lowest BCUT2D eigenvalue weighted by molar-refractivity contribution is -0.125. The first kappa shape index (κ1) is 15.2. The van der Waals surface area contributed by atoms with Crippen molar-refractivity contribution in [2.45, 2.75) is 6.42 Å². The van der Waals surface area contributed by atoms with Crippen LogP contribution in [0.3, 0.4) is 0 Å². The summed E-state index contributed by atoms with van der Waals surface area (Å²) >= 11 is 3.30. The summed E-state index contributed by atoms with van der Waals surface area (Å²) in [6.07, 6.45) is 3.97. The number of benzene rings is 1. The van der Waals surface area contributed by atoms with Gasteiger partial charge in [-0.3, -0.25) is 4.79 Å². The molecule has 0 unspecified atom stereocenters. The van der Waals surface area contributed by atoms with Gasteiger partial charge in [0.05, 0.1) is 0 Å². The summed E-state index contributed by atoms with van der Waals surface area (Å²) in [5, 5.41) is 0. The van der Waals surface area contributed by atoms with Crippen LogP contribution in [-0.2, 0) is 4.79 Å². The molecule has 0 bridgehead atoms. The molecule has 1 aromatic rings. The van der Waals surface area contributed by atoms with Crippen molar-refractivity contribution in [3.63, 3.8) is 0 Å².